The lowest BCUT2D eigenvalue weighted by Gasteiger charge is -2.19. The van der Waals surface area contributed by atoms with Crippen LogP contribution in [-0.2, 0) is 22.6 Å². The van der Waals surface area contributed by atoms with Crippen LogP contribution in [0.5, 0.6) is 5.75 Å². The lowest BCUT2D eigenvalue weighted by molar-refractivity contribution is -0.127. The average molecular weight is 671 g/mol. The molecule has 1 aromatic carbocycles. The van der Waals surface area contributed by atoms with Crippen molar-refractivity contribution >= 4 is 33.0 Å². The molecule has 1 N–H and O–H groups in total. The van der Waals surface area contributed by atoms with Crippen molar-refractivity contribution in [1.82, 2.24) is 20.1 Å². The van der Waals surface area contributed by atoms with Gasteiger partial charge < -0.3 is 19.5 Å². The van der Waals surface area contributed by atoms with Gasteiger partial charge in [0.2, 0.25) is 0 Å². The number of pyridine rings is 1. The maximum absolute atomic E-state index is 15.2. The number of carbonyl (C=O) groups is 1. The number of hydrogen-bond acceptors (Lipinski definition) is 6. The first-order valence-electron chi connectivity index (χ1n) is 15.0. The molecule has 2 aromatic heterocycles. The molecule has 0 unspecified atom stereocenters. The first kappa shape index (κ1) is 36.6. The van der Waals surface area contributed by atoms with Crippen LogP contribution in [0, 0.1) is 5.82 Å². The van der Waals surface area contributed by atoms with Gasteiger partial charge in [0, 0.05) is 46.7 Å². The van der Waals surface area contributed by atoms with E-state index in [0.717, 1.165) is 24.2 Å². The second kappa shape index (κ2) is 14.3. The van der Waals surface area contributed by atoms with Crippen LogP contribution in [0.15, 0.2) is 24.4 Å². The number of halogens is 4. The minimum atomic E-state index is -4.58. The molecule has 3 rings (SSSR count). The molecule has 0 spiro atoms. The van der Waals surface area contributed by atoms with Crippen LogP contribution in [0.1, 0.15) is 36.8 Å². The van der Waals surface area contributed by atoms with Crippen molar-refractivity contribution in [2.75, 3.05) is 20.0 Å². The van der Waals surface area contributed by atoms with Crippen LogP contribution in [0.3, 0.4) is 0 Å². The molecule has 1 amide bonds. The van der Waals surface area contributed by atoms with Gasteiger partial charge in [-0.25, -0.2) is 9.07 Å². The Morgan fingerprint density at radius 2 is 1.58 bits per heavy atom. The van der Waals surface area contributed by atoms with E-state index in [9.17, 15) is 18.0 Å². The van der Waals surface area contributed by atoms with Crippen molar-refractivity contribution in [2.45, 2.75) is 97.0 Å². The number of benzene rings is 1. The Kier molecular flexibility index (Phi) is 11.6. The minimum absolute atomic E-state index is 0.0154. The van der Waals surface area contributed by atoms with Crippen molar-refractivity contribution in [3.8, 4) is 17.0 Å². The van der Waals surface area contributed by atoms with E-state index in [2.05, 4.69) is 54.7 Å². The summed E-state index contributed by atoms with van der Waals surface area (Å²) in [6.07, 6.45) is -4.53. The standard InChI is InChI=1S/C31H46F4N4O4Si2/c1-30(2,3)37-29(40)28-23-18-36-25(16-26(23)39(38-28)19-41-10-12-44(4,5)6)22-15-24(32)27(14-21(22)17-31(33,34)35)43-20-42-11-13-45(7,8)9/h14-16,18H,10-13,17,19-20H2,1-9H3,(H,37,40). The Bertz CT molecular complexity index is 1480. The Balaban J connectivity index is 2.01. The van der Waals surface area contributed by atoms with E-state index in [0.29, 0.717) is 24.1 Å². The minimum Gasteiger partial charge on any atom is -0.464 e. The Morgan fingerprint density at radius 1 is 0.956 bits per heavy atom. The quantitative estimate of drug-likeness (QED) is 0.0813. The van der Waals surface area contributed by atoms with E-state index in [4.69, 9.17) is 14.2 Å². The third-order valence-electron chi connectivity index (χ3n) is 6.67. The fourth-order valence-electron chi connectivity index (χ4n) is 4.26. The third-order valence-corrected chi connectivity index (χ3v) is 10.1. The average Bonchev–Trinajstić information content (AvgIpc) is 3.23. The highest BCUT2D eigenvalue weighted by molar-refractivity contribution is 6.76. The first-order chi connectivity index (χ1) is 20.6. The molecule has 14 heteroatoms. The van der Waals surface area contributed by atoms with Crippen LogP contribution in [0.2, 0.25) is 51.4 Å². The van der Waals surface area contributed by atoms with Gasteiger partial charge in [-0.15, -0.1) is 0 Å². The Labute approximate surface area is 264 Å². The monoisotopic (exact) mass is 670 g/mol. The molecule has 45 heavy (non-hydrogen) atoms. The van der Waals surface area contributed by atoms with Crippen LogP contribution >= 0.6 is 0 Å². The van der Waals surface area contributed by atoms with Crippen molar-refractivity contribution in [1.29, 1.82) is 0 Å². The zero-order valence-corrected chi connectivity index (χ0v) is 29.7. The molecule has 8 nitrogen and oxygen atoms in total. The van der Waals surface area contributed by atoms with Gasteiger partial charge in [0.05, 0.1) is 23.0 Å². The summed E-state index contributed by atoms with van der Waals surface area (Å²) < 4.78 is 74.5. The van der Waals surface area contributed by atoms with E-state index in [1.54, 1.807) is 0 Å². The zero-order chi connectivity index (χ0) is 33.8. The summed E-state index contributed by atoms with van der Waals surface area (Å²) in [6.45, 7) is 19.4. The highest BCUT2D eigenvalue weighted by atomic mass is 28.3. The molecule has 0 aliphatic carbocycles. The lowest BCUT2D eigenvalue weighted by atomic mass is 9.99. The molecular formula is C31H46F4N4O4Si2. The van der Waals surface area contributed by atoms with Gasteiger partial charge in [0.25, 0.3) is 5.91 Å². The van der Waals surface area contributed by atoms with Crippen LogP contribution in [-0.4, -0.2) is 68.5 Å². The van der Waals surface area contributed by atoms with Gasteiger partial charge in [0.1, 0.15) is 6.73 Å². The van der Waals surface area contributed by atoms with E-state index >= 15 is 4.39 Å². The van der Waals surface area contributed by atoms with Gasteiger partial charge in [-0.3, -0.25) is 9.78 Å². The number of ether oxygens (including phenoxy) is 3. The SMILES string of the molecule is CC(C)(C)NC(=O)c1nn(COCC[Si](C)(C)C)c2cc(-c3cc(F)c(OCOCC[Si](C)(C)C)cc3CC(F)(F)F)ncc12. The second-order valence-electron chi connectivity index (χ2n) is 14.7. The fourth-order valence-corrected chi connectivity index (χ4v) is 5.77. The molecule has 0 aliphatic heterocycles. The number of fused-ring (bicyclic) bond motifs is 1. The highest BCUT2D eigenvalue weighted by Crippen LogP contribution is 2.35. The number of hydrogen-bond donors (Lipinski definition) is 1. The number of carbonyl (C=O) groups excluding carboxylic acids is 1. The summed E-state index contributed by atoms with van der Waals surface area (Å²) in [4.78, 5) is 17.5. The maximum atomic E-state index is 15.2. The molecule has 3 aromatic rings. The number of alkyl halides is 3. The number of aromatic nitrogens is 3. The molecule has 0 radical (unpaired) electrons. The number of nitrogens with one attached hydrogen (secondary N) is 1. The summed E-state index contributed by atoms with van der Waals surface area (Å²) in [6, 6.07) is 5.32. The molecule has 0 saturated carbocycles. The second-order valence-corrected chi connectivity index (χ2v) is 25.9. The normalized spacial score (nSPS) is 13.0. The van der Waals surface area contributed by atoms with E-state index in [-0.39, 0.29) is 41.8 Å². The molecular weight excluding hydrogens is 625 g/mol. The Morgan fingerprint density at radius 3 is 2.16 bits per heavy atom. The summed E-state index contributed by atoms with van der Waals surface area (Å²) >= 11 is 0. The summed E-state index contributed by atoms with van der Waals surface area (Å²) in [7, 11) is -2.73. The van der Waals surface area contributed by atoms with Gasteiger partial charge in [-0.05, 0) is 56.6 Å². The zero-order valence-electron chi connectivity index (χ0n) is 27.7. The first-order valence-corrected chi connectivity index (χ1v) is 22.4. The number of amides is 1. The largest absolute Gasteiger partial charge is 0.464 e. The maximum Gasteiger partial charge on any atom is 0.393 e. The molecule has 0 atom stereocenters. The van der Waals surface area contributed by atoms with Gasteiger partial charge in [0.15, 0.2) is 24.1 Å². The van der Waals surface area contributed by atoms with Crippen LogP contribution < -0.4 is 10.1 Å². The van der Waals surface area contributed by atoms with Crippen molar-refractivity contribution in [2.24, 2.45) is 0 Å². The number of nitrogens with zero attached hydrogens (tertiary/aromatic N) is 3. The van der Waals surface area contributed by atoms with E-state index < -0.39 is 46.0 Å². The molecule has 250 valence electrons. The molecule has 0 fully saturated rings. The fraction of sp³-hybridized carbons (Fsp3) is 0.581. The molecule has 0 saturated heterocycles. The highest BCUT2D eigenvalue weighted by Gasteiger charge is 2.31. The van der Waals surface area contributed by atoms with Crippen molar-refractivity contribution in [3.63, 3.8) is 0 Å². The smallest absolute Gasteiger partial charge is 0.393 e. The summed E-state index contributed by atoms with van der Waals surface area (Å²) in [5.41, 5.74) is -0.192. The van der Waals surface area contributed by atoms with Crippen LogP contribution in [0.25, 0.3) is 22.2 Å². The Hall–Kier alpha value is -2.82. The van der Waals surface area contributed by atoms with E-state index in [1.165, 1.54) is 16.9 Å². The van der Waals surface area contributed by atoms with Gasteiger partial charge in [-0.2, -0.15) is 18.3 Å². The van der Waals surface area contributed by atoms with E-state index in [1.807, 2.05) is 20.8 Å². The van der Waals surface area contributed by atoms with Crippen molar-refractivity contribution in [3.05, 3.63) is 41.5 Å². The van der Waals surface area contributed by atoms with Gasteiger partial charge >= 0.3 is 6.18 Å². The summed E-state index contributed by atoms with van der Waals surface area (Å²) in [5, 5.41) is 7.76. The number of rotatable bonds is 14. The van der Waals surface area contributed by atoms with Gasteiger partial charge in [-0.1, -0.05) is 39.3 Å². The summed E-state index contributed by atoms with van der Waals surface area (Å²) in [5.74, 6) is -1.62. The predicted molar refractivity (Wildman–Crippen MR) is 174 cm³/mol. The van der Waals surface area contributed by atoms with Crippen molar-refractivity contribution < 1.29 is 36.6 Å². The third kappa shape index (κ3) is 11.8. The topological polar surface area (TPSA) is 87.5 Å². The molecule has 2 heterocycles. The van der Waals surface area contributed by atoms with Crippen LogP contribution in [0.4, 0.5) is 17.6 Å². The molecule has 0 bridgehead atoms. The predicted octanol–water partition coefficient (Wildman–Crippen LogP) is 7.87. The lowest BCUT2D eigenvalue weighted by Crippen LogP contribution is -2.40. The molecule has 0 aliphatic rings.